The van der Waals surface area contributed by atoms with E-state index in [2.05, 4.69) is 17.0 Å². The normalized spacial score (nSPS) is 31.4. The Balaban J connectivity index is 2.04. The predicted molar refractivity (Wildman–Crippen MR) is 79.0 cm³/mol. The Bertz CT molecular complexity index is 617. The maximum absolute atomic E-state index is 11.5. The molecule has 4 atom stereocenters. The maximum atomic E-state index is 11.5. The second kappa shape index (κ2) is 5.34. The number of hydrogen-bond donors (Lipinski definition) is 0. The van der Waals surface area contributed by atoms with Gasteiger partial charge in [-0.15, -0.1) is 0 Å². The van der Waals surface area contributed by atoms with Crippen LogP contribution in [0.5, 0.6) is 0 Å². The molecule has 108 valence electrons. The summed E-state index contributed by atoms with van der Waals surface area (Å²) in [5, 5.41) is 9.34. The number of nitriles is 1. The third kappa shape index (κ3) is 2.34. The highest BCUT2D eigenvalue weighted by Crippen LogP contribution is 2.42. The van der Waals surface area contributed by atoms with E-state index in [0.717, 1.165) is 17.6 Å². The number of ether oxygens (including phenoxy) is 1. The number of benzene rings is 1. The number of rotatable bonds is 2. The molecule has 0 N–H and O–H groups in total. The SMILES string of the molecule is CC(=O)O[C@H]1C(c2ccccc2)=C[C@@H]2[C@@H](C#N)C[C@H]1N2C. The highest BCUT2D eigenvalue weighted by molar-refractivity contribution is 5.75. The smallest absolute Gasteiger partial charge is 0.303 e. The van der Waals surface area contributed by atoms with Crippen molar-refractivity contribution in [2.75, 3.05) is 7.05 Å². The molecule has 1 saturated heterocycles. The minimum atomic E-state index is -0.301. The maximum Gasteiger partial charge on any atom is 0.303 e. The average molecular weight is 282 g/mol. The number of carbonyl (C=O) groups is 1. The molecule has 0 aromatic heterocycles. The highest BCUT2D eigenvalue weighted by atomic mass is 16.5. The molecule has 0 unspecified atom stereocenters. The van der Waals surface area contributed by atoms with E-state index in [9.17, 15) is 10.1 Å². The van der Waals surface area contributed by atoms with Crippen LogP contribution >= 0.6 is 0 Å². The van der Waals surface area contributed by atoms with Gasteiger partial charge in [0.15, 0.2) is 0 Å². The third-order valence-electron chi connectivity index (χ3n) is 4.47. The molecule has 4 heteroatoms. The quantitative estimate of drug-likeness (QED) is 0.781. The molecule has 3 rings (SSSR count). The summed E-state index contributed by atoms with van der Waals surface area (Å²) in [6.45, 7) is 1.44. The van der Waals surface area contributed by atoms with Gasteiger partial charge >= 0.3 is 5.97 Å². The molecule has 1 fully saturated rings. The first-order chi connectivity index (χ1) is 10.1. The van der Waals surface area contributed by atoms with Crippen LogP contribution in [0, 0.1) is 17.2 Å². The number of fused-ring (bicyclic) bond motifs is 2. The van der Waals surface area contributed by atoms with Gasteiger partial charge in [-0.25, -0.2) is 0 Å². The zero-order valence-electron chi connectivity index (χ0n) is 12.2. The molecule has 0 radical (unpaired) electrons. The van der Waals surface area contributed by atoms with Crippen molar-refractivity contribution in [1.29, 1.82) is 5.26 Å². The lowest BCUT2D eigenvalue weighted by molar-refractivity contribution is -0.146. The zero-order valence-corrected chi connectivity index (χ0v) is 12.2. The Hall–Kier alpha value is -2.12. The Morgan fingerprint density at radius 1 is 1.38 bits per heavy atom. The lowest BCUT2D eigenvalue weighted by Crippen LogP contribution is -2.46. The Morgan fingerprint density at radius 3 is 2.71 bits per heavy atom. The van der Waals surface area contributed by atoms with Crippen molar-refractivity contribution >= 4 is 11.5 Å². The molecule has 2 heterocycles. The average Bonchev–Trinajstić information content (AvgIpc) is 2.69. The summed E-state index contributed by atoms with van der Waals surface area (Å²) in [6, 6.07) is 12.5. The fraction of sp³-hybridized carbons (Fsp3) is 0.412. The van der Waals surface area contributed by atoms with Crippen LogP contribution in [0.2, 0.25) is 0 Å². The van der Waals surface area contributed by atoms with Crippen molar-refractivity contribution in [3.05, 3.63) is 42.0 Å². The number of esters is 1. The van der Waals surface area contributed by atoms with Crippen LogP contribution in [-0.4, -0.2) is 36.1 Å². The molecule has 0 amide bonds. The molecule has 2 aliphatic heterocycles. The molecule has 4 nitrogen and oxygen atoms in total. The molecule has 0 saturated carbocycles. The molecular formula is C17H18N2O2. The van der Waals surface area contributed by atoms with Crippen LogP contribution in [0.25, 0.3) is 5.57 Å². The predicted octanol–water partition coefficient (Wildman–Crippen LogP) is 2.23. The van der Waals surface area contributed by atoms with E-state index in [4.69, 9.17) is 4.74 Å². The van der Waals surface area contributed by atoms with Gasteiger partial charge in [-0.1, -0.05) is 36.4 Å². The third-order valence-corrected chi connectivity index (χ3v) is 4.47. The number of likely N-dealkylation sites (N-methyl/N-ethyl adjacent to an activating group) is 1. The van der Waals surface area contributed by atoms with E-state index in [-0.39, 0.29) is 30.1 Å². The van der Waals surface area contributed by atoms with Crippen LogP contribution < -0.4 is 0 Å². The van der Waals surface area contributed by atoms with Crippen molar-refractivity contribution < 1.29 is 9.53 Å². The van der Waals surface area contributed by atoms with Gasteiger partial charge in [-0.2, -0.15) is 5.26 Å². The molecular weight excluding hydrogens is 264 g/mol. The van der Waals surface area contributed by atoms with Gasteiger partial charge in [0.05, 0.1) is 18.0 Å². The zero-order chi connectivity index (χ0) is 15.0. The number of hydrogen-bond acceptors (Lipinski definition) is 4. The monoisotopic (exact) mass is 282 g/mol. The second-order valence-corrected chi connectivity index (χ2v) is 5.71. The minimum absolute atomic E-state index is 0.0423. The van der Waals surface area contributed by atoms with E-state index < -0.39 is 0 Å². The lowest BCUT2D eigenvalue weighted by Gasteiger charge is -2.36. The fourth-order valence-corrected chi connectivity index (χ4v) is 3.47. The summed E-state index contributed by atoms with van der Waals surface area (Å²) in [7, 11) is 2.00. The minimum Gasteiger partial charge on any atom is -0.456 e. The summed E-state index contributed by atoms with van der Waals surface area (Å²) in [5.41, 5.74) is 2.09. The van der Waals surface area contributed by atoms with Gasteiger partial charge in [0.2, 0.25) is 0 Å². The number of carbonyl (C=O) groups excluding carboxylic acids is 1. The van der Waals surface area contributed by atoms with Gasteiger partial charge in [0.25, 0.3) is 0 Å². The first-order valence-corrected chi connectivity index (χ1v) is 7.17. The Morgan fingerprint density at radius 2 is 2.10 bits per heavy atom. The van der Waals surface area contributed by atoms with E-state index in [1.165, 1.54) is 6.92 Å². The fourth-order valence-electron chi connectivity index (χ4n) is 3.47. The van der Waals surface area contributed by atoms with Crippen LogP contribution in [0.1, 0.15) is 18.9 Å². The molecule has 2 aliphatic rings. The van der Waals surface area contributed by atoms with Crippen LogP contribution in [-0.2, 0) is 9.53 Å². The van der Waals surface area contributed by atoms with Gasteiger partial charge in [-0.3, -0.25) is 9.69 Å². The van der Waals surface area contributed by atoms with E-state index in [1.807, 2.05) is 37.4 Å². The molecule has 21 heavy (non-hydrogen) atoms. The highest BCUT2D eigenvalue weighted by Gasteiger charge is 2.48. The topological polar surface area (TPSA) is 53.3 Å². The van der Waals surface area contributed by atoms with Crippen LogP contribution in [0.15, 0.2) is 36.4 Å². The van der Waals surface area contributed by atoms with Gasteiger partial charge in [0, 0.05) is 13.0 Å². The summed E-state index contributed by atoms with van der Waals surface area (Å²) >= 11 is 0. The first kappa shape index (κ1) is 13.8. The Labute approximate surface area is 124 Å². The largest absolute Gasteiger partial charge is 0.456 e. The molecule has 1 aromatic carbocycles. The van der Waals surface area contributed by atoms with Crippen molar-refractivity contribution in [1.82, 2.24) is 4.90 Å². The van der Waals surface area contributed by atoms with Gasteiger partial charge in [0.1, 0.15) is 6.10 Å². The van der Waals surface area contributed by atoms with E-state index in [0.29, 0.717) is 0 Å². The van der Waals surface area contributed by atoms with Crippen molar-refractivity contribution in [2.45, 2.75) is 31.5 Å². The second-order valence-electron chi connectivity index (χ2n) is 5.71. The molecule has 0 spiro atoms. The standard InChI is InChI=1S/C17H18N2O2/c1-11(20)21-17-14(12-6-4-3-5-7-12)9-15-13(10-18)8-16(17)19(15)2/h3-7,9,13,15-17H,8H2,1-2H3/t13-,15-,16-,17+/m1/s1. The lowest BCUT2D eigenvalue weighted by atomic mass is 9.92. The van der Waals surface area contributed by atoms with Crippen molar-refractivity contribution in [3.8, 4) is 6.07 Å². The van der Waals surface area contributed by atoms with Crippen molar-refractivity contribution in [3.63, 3.8) is 0 Å². The van der Waals surface area contributed by atoms with E-state index >= 15 is 0 Å². The van der Waals surface area contributed by atoms with Crippen LogP contribution in [0.4, 0.5) is 0 Å². The summed E-state index contributed by atoms with van der Waals surface area (Å²) < 4.78 is 5.59. The van der Waals surface area contributed by atoms with Gasteiger partial charge < -0.3 is 4.74 Å². The summed E-state index contributed by atoms with van der Waals surface area (Å²) in [6.07, 6.45) is 2.53. The van der Waals surface area contributed by atoms with Crippen molar-refractivity contribution in [2.24, 2.45) is 5.92 Å². The summed E-state index contributed by atoms with van der Waals surface area (Å²) in [5.74, 6) is -0.326. The summed E-state index contributed by atoms with van der Waals surface area (Å²) in [4.78, 5) is 13.6. The number of nitrogens with zero attached hydrogens (tertiary/aromatic N) is 2. The molecule has 0 aliphatic carbocycles. The first-order valence-electron chi connectivity index (χ1n) is 7.17. The van der Waals surface area contributed by atoms with E-state index in [1.54, 1.807) is 0 Å². The Kier molecular flexibility index (Phi) is 3.52. The van der Waals surface area contributed by atoms with Gasteiger partial charge in [-0.05, 0) is 24.6 Å². The molecule has 2 bridgehead atoms. The molecule has 1 aromatic rings. The van der Waals surface area contributed by atoms with Crippen LogP contribution in [0.3, 0.4) is 0 Å².